The third-order valence-electron chi connectivity index (χ3n) is 2.54. The molecule has 0 aliphatic carbocycles. The number of hydrogen-bond acceptors (Lipinski definition) is 6. The van der Waals surface area contributed by atoms with Crippen LogP contribution in [0, 0.1) is 0 Å². The fraction of sp³-hybridized carbons (Fsp3) is 0.235. The molecule has 9 heteroatoms. The van der Waals surface area contributed by atoms with E-state index in [2.05, 4.69) is 9.88 Å². The molecule has 26 heavy (non-hydrogen) atoms. The molecule has 0 fully saturated rings. The fourth-order valence-corrected chi connectivity index (χ4v) is 1.72. The van der Waals surface area contributed by atoms with Crippen molar-refractivity contribution in [1.29, 1.82) is 0 Å². The van der Waals surface area contributed by atoms with Gasteiger partial charge in [-0.1, -0.05) is 23.2 Å². The van der Waals surface area contributed by atoms with Crippen molar-refractivity contribution in [2.45, 2.75) is 26.4 Å². The summed E-state index contributed by atoms with van der Waals surface area (Å²) in [4.78, 5) is 8.00. The molecule has 0 spiro atoms. The summed E-state index contributed by atoms with van der Waals surface area (Å²) in [6.45, 7) is 5.31. The van der Waals surface area contributed by atoms with Crippen molar-refractivity contribution in [1.82, 2.24) is 0 Å². The van der Waals surface area contributed by atoms with Gasteiger partial charge in [-0.3, -0.25) is 10.2 Å². The third-order valence-corrected chi connectivity index (χ3v) is 3.01. The van der Waals surface area contributed by atoms with Gasteiger partial charge in [0.1, 0.15) is 17.2 Å². The second-order valence-electron chi connectivity index (χ2n) is 5.80. The monoisotopic (exact) mass is 438 g/mol. The third kappa shape index (κ3) is 9.92. The minimum absolute atomic E-state index is 0.0275. The first-order chi connectivity index (χ1) is 12.1. The molecule has 0 aliphatic rings. The summed E-state index contributed by atoms with van der Waals surface area (Å²) in [6.07, 6.45) is 1.42. The van der Waals surface area contributed by atoms with E-state index in [0.717, 1.165) is 17.4 Å². The SMILES string of the molecule is CC(C)(C)OO.Oc1ccc(Cl)cc1C=Nc1ccc(Cl)cc1O.[O]=[V]. The van der Waals surface area contributed by atoms with Gasteiger partial charge in [0.25, 0.3) is 0 Å². The van der Waals surface area contributed by atoms with Crippen LogP contribution >= 0.6 is 23.2 Å². The van der Waals surface area contributed by atoms with Crippen molar-refractivity contribution in [3.8, 4) is 11.5 Å². The normalized spacial score (nSPS) is 10.5. The van der Waals surface area contributed by atoms with Gasteiger partial charge in [0.2, 0.25) is 0 Å². The number of phenolic OH excluding ortho intramolecular Hbond substituents is 2. The quantitative estimate of drug-likeness (QED) is 0.335. The minimum atomic E-state index is -0.403. The summed E-state index contributed by atoms with van der Waals surface area (Å²) in [5, 5.41) is 28.0. The van der Waals surface area contributed by atoms with Gasteiger partial charge < -0.3 is 10.2 Å². The van der Waals surface area contributed by atoms with Crippen molar-refractivity contribution in [3.05, 3.63) is 52.0 Å². The van der Waals surface area contributed by atoms with E-state index < -0.39 is 5.60 Å². The molecule has 0 amide bonds. The molecule has 2 aromatic rings. The van der Waals surface area contributed by atoms with Gasteiger partial charge in [-0.2, -0.15) is 0 Å². The van der Waals surface area contributed by atoms with Crippen LogP contribution in [0.3, 0.4) is 0 Å². The molecule has 0 bridgehead atoms. The van der Waals surface area contributed by atoms with Gasteiger partial charge in [0.15, 0.2) is 0 Å². The van der Waals surface area contributed by atoms with Crippen LogP contribution in [0.25, 0.3) is 0 Å². The number of rotatable bonds is 2. The molecular formula is C17H19Cl2NO5V. The Kier molecular flexibility index (Phi) is 11.4. The van der Waals surface area contributed by atoms with Crippen LogP contribution in [0.5, 0.6) is 11.5 Å². The van der Waals surface area contributed by atoms with E-state index in [1.807, 2.05) is 0 Å². The van der Waals surface area contributed by atoms with Crippen LogP contribution < -0.4 is 0 Å². The maximum absolute atomic E-state index is 9.61. The van der Waals surface area contributed by atoms with Gasteiger partial charge in [0.05, 0.1) is 5.60 Å². The molecule has 0 radical (unpaired) electrons. The van der Waals surface area contributed by atoms with Gasteiger partial charge in [-0.25, -0.2) is 4.89 Å². The molecule has 2 aromatic carbocycles. The summed E-state index contributed by atoms with van der Waals surface area (Å²) in [7, 11) is 0. The molecular weight excluding hydrogens is 420 g/mol. The average molecular weight is 439 g/mol. The average Bonchev–Trinajstić information content (AvgIpc) is 2.58. The number of aromatic hydroxyl groups is 2. The van der Waals surface area contributed by atoms with Crippen LogP contribution in [0.2, 0.25) is 10.0 Å². The summed E-state index contributed by atoms with van der Waals surface area (Å²) >= 11 is 12.6. The summed E-state index contributed by atoms with van der Waals surface area (Å²) < 4.78 is 8.19. The fourth-order valence-electron chi connectivity index (χ4n) is 1.37. The summed E-state index contributed by atoms with van der Waals surface area (Å²) in [5.74, 6) is 0.0388. The number of halogens is 2. The molecule has 0 saturated heterocycles. The standard InChI is InChI=1S/C13H9Cl2NO2.C4H10O2.O.V/c14-9-2-4-12(17)8(5-9)7-16-11-3-1-10(15)6-13(11)18;1-4(2,3)6-5;;/h1-7,17-18H;5H,1-3H3;;. The first-order valence-electron chi connectivity index (χ1n) is 7.14. The van der Waals surface area contributed by atoms with E-state index in [4.69, 9.17) is 32.1 Å². The van der Waals surface area contributed by atoms with Crippen molar-refractivity contribution in [2.24, 2.45) is 4.99 Å². The molecule has 0 unspecified atom stereocenters. The van der Waals surface area contributed by atoms with Crippen molar-refractivity contribution < 1.29 is 41.4 Å². The summed E-state index contributed by atoms with van der Waals surface area (Å²) in [6, 6.07) is 9.22. The topological polar surface area (TPSA) is 99.3 Å². The van der Waals surface area contributed by atoms with E-state index in [-0.39, 0.29) is 11.5 Å². The second-order valence-corrected chi connectivity index (χ2v) is 6.67. The van der Waals surface area contributed by atoms with E-state index >= 15 is 0 Å². The van der Waals surface area contributed by atoms with E-state index in [0.29, 0.717) is 21.3 Å². The number of hydrogen-bond donors (Lipinski definition) is 3. The number of aliphatic imine (C=N–C) groups is 1. The Morgan fingerprint density at radius 2 is 1.50 bits per heavy atom. The Morgan fingerprint density at radius 1 is 1.00 bits per heavy atom. The number of benzene rings is 2. The van der Waals surface area contributed by atoms with Crippen molar-refractivity contribution in [3.63, 3.8) is 0 Å². The molecule has 0 aromatic heterocycles. The van der Waals surface area contributed by atoms with Crippen LogP contribution in [-0.4, -0.2) is 27.3 Å². The Bertz CT molecular complexity index is 736. The predicted octanol–water partition coefficient (Wildman–Crippen LogP) is 5.31. The molecule has 141 valence electrons. The Balaban J connectivity index is 0.000000667. The van der Waals surface area contributed by atoms with Crippen molar-refractivity contribution >= 4 is 35.1 Å². The van der Waals surface area contributed by atoms with Gasteiger partial charge in [-0.15, -0.1) is 0 Å². The maximum atomic E-state index is 9.61. The molecule has 0 saturated carbocycles. The predicted molar refractivity (Wildman–Crippen MR) is 97.6 cm³/mol. The van der Waals surface area contributed by atoms with E-state index in [1.165, 1.54) is 18.3 Å². The Morgan fingerprint density at radius 3 is 2.00 bits per heavy atom. The van der Waals surface area contributed by atoms with Crippen LogP contribution in [0.4, 0.5) is 5.69 Å². The van der Waals surface area contributed by atoms with Crippen LogP contribution in [0.15, 0.2) is 41.4 Å². The first kappa shape index (κ1) is 24.6. The molecule has 0 heterocycles. The molecule has 0 atom stereocenters. The molecule has 0 aliphatic heterocycles. The second kappa shape index (κ2) is 12.1. The Labute approximate surface area is 171 Å². The van der Waals surface area contributed by atoms with Gasteiger partial charge in [0, 0.05) is 27.9 Å². The number of phenols is 2. The van der Waals surface area contributed by atoms with Crippen LogP contribution in [0.1, 0.15) is 26.3 Å². The Hall–Kier alpha value is -1.41. The van der Waals surface area contributed by atoms with E-state index in [9.17, 15) is 10.2 Å². The molecule has 2 rings (SSSR count). The van der Waals surface area contributed by atoms with E-state index in [1.54, 1.807) is 45.0 Å². The summed E-state index contributed by atoms with van der Waals surface area (Å²) in [5.41, 5.74) is 0.427. The number of nitrogens with zero attached hydrogens (tertiary/aromatic N) is 1. The van der Waals surface area contributed by atoms with Gasteiger partial charge in [-0.05, 0) is 51.1 Å². The van der Waals surface area contributed by atoms with Crippen LogP contribution in [-0.2, 0) is 25.9 Å². The zero-order valence-electron chi connectivity index (χ0n) is 14.3. The van der Waals surface area contributed by atoms with Gasteiger partial charge >= 0.3 is 21.0 Å². The first-order valence-corrected chi connectivity index (χ1v) is 8.47. The molecule has 3 N–H and O–H groups in total. The van der Waals surface area contributed by atoms with Crippen molar-refractivity contribution in [2.75, 3.05) is 0 Å². The zero-order valence-corrected chi connectivity index (χ0v) is 17.3. The zero-order chi connectivity index (χ0) is 20.3. The molecule has 6 nitrogen and oxygen atoms in total.